The summed E-state index contributed by atoms with van der Waals surface area (Å²) in [6.45, 7) is 1.68. The summed E-state index contributed by atoms with van der Waals surface area (Å²) >= 11 is 6.12. The van der Waals surface area contributed by atoms with Crippen molar-refractivity contribution in [1.29, 1.82) is 0 Å². The van der Waals surface area contributed by atoms with E-state index in [1.807, 2.05) is 0 Å². The predicted molar refractivity (Wildman–Crippen MR) is 105 cm³/mol. The normalized spacial score (nSPS) is 11.0. The summed E-state index contributed by atoms with van der Waals surface area (Å²) in [4.78, 5) is 24.5. The quantitative estimate of drug-likeness (QED) is 0.764. The Balaban J connectivity index is 2.38. The standard InChI is InChI=1S/C18H19ClN2O5S/c1-11-13(18(23)26-3)6-5-7-16(11)20-17(22)14-10-12(8-9-15(14)19)21(2)27(4,24)25/h5-10H,1-4H3,(H,20,22). The van der Waals surface area contributed by atoms with Crippen LogP contribution in [0.4, 0.5) is 11.4 Å². The maximum Gasteiger partial charge on any atom is 0.338 e. The average molecular weight is 411 g/mol. The molecule has 2 aromatic rings. The minimum absolute atomic E-state index is 0.104. The summed E-state index contributed by atoms with van der Waals surface area (Å²) in [6.07, 6.45) is 1.06. The van der Waals surface area contributed by atoms with Gasteiger partial charge in [0, 0.05) is 12.7 Å². The molecule has 0 fully saturated rings. The molecule has 0 saturated heterocycles. The Hall–Kier alpha value is -2.58. The molecule has 0 saturated carbocycles. The van der Waals surface area contributed by atoms with Crippen molar-refractivity contribution in [1.82, 2.24) is 0 Å². The largest absolute Gasteiger partial charge is 0.465 e. The van der Waals surface area contributed by atoms with Crippen LogP contribution in [-0.4, -0.2) is 40.7 Å². The van der Waals surface area contributed by atoms with Crippen LogP contribution in [0.3, 0.4) is 0 Å². The molecule has 0 aromatic heterocycles. The molecule has 0 radical (unpaired) electrons. The highest BCUT2D eigenvalue weighted by molar-refractivity contribution is 7.92. The molecule has 7 nitrogen and oxygen atoms in total. The van der Waals surface area contributed by atoms with E-state index in [1.165, 1.54) is 32.4 Å². The van der Waals surface area contributed by atoms with Gasteiger partial charge in [-0.1, -0.05) is 17.7 Å². The van der Waals surface area contributed by atoms with Crippen LogP contribution in [0, 0.1) is 6.92 Å². The van der Waals surface area contributed by atoms with Gasteiger partial charge in [0.15, 0.2) is 0 Å². The molecule has 0 aliphatic heterocycles. The number of hydrogen-bond acceptors (Lipinski definition) is 5. The van der Waals surface area contributed by atoms with E-state index in [0.29, 0.717) is 22.5 Å². The second kappa shape index (κ2) is 7.98. The van der Waals surface area contributed by atoms with Crippen LogP contribution in [0.25, 0.3) is 0 Å². The monoisotopic (exact) mass is 410 g/mol. The number of carbonyl (C=O) groups is 2. The van der Waals surface area contributed by atoms with Gasteiger partial charge in [0.05, 0.1) is 35.2 Å². The molecule has 2 rings (SSSR count). The van der Waals surface area contributed by atoms with Crippen molar-refractivity contribution in [2.45, 2.75) is 6.92 Å². The Morgan fingerprint density at radius 2 is 1.81 bits per heavy atom. The lowest BCUT2D eigenvalue weighted by atomic mass is 10.1. The number of sulfonamides is 1. The lowest BCUT2D eigenvalue weighted by Crippen LogP contribution is -2.25. The number of anilines is 2. The highest BCUT2D eigenvalue weighted by Crippen LogP contribution is 2.26. The Morgan fingerprint density at radius 3 is 2.41 bits per heavy atom. The van der Waals surface area contributed by atoms with Crippen LogP contribution in [0.2, 0.25) is 5.02 Å². The van der Waals surface area contributed by atoms with Gasteiger partial charge in [0.2, 0.25) is 10.0 Å². The number of ether oxygens (including phenoxy) is 1. The zero-order chi connectivity index (χ0) is 20.4. The molecule has 9 heteroatoms. The molecule has 0 heterocycles. The van der Waals surface area contributed by atoms with Gasteiger partial charge in [-0.3, -0.25) is 9.10 Å². The van der Waals surface area contributed by atoms with Gasteiger partial charge in [-0.25, -0.2) is 13.2 Å². The predicted octanol–water partition coefficient (Wildman–Crippen LogP) is 3.08. The van der Waals surface area contributed by atoms with Gasteiger partial charge in [-0.05, 0) is 42.8 Å². The molecule has 0 aliphatic rings. The van der Waals surface area contributed by atoms with E-state index < -0.39 is 21.9 Å². The Labute approximate surface area is 162 Å². The number of rotatable bonds is 5. The van der Waals surface area contributed by atoms with E-state index in [9.17, 15) is 18.0 Å². The van der Waals surface area contributed by atoms with Crippen molar-refractivity contribution in [3.05, 3.63) is 58.1 Å². The maximum absolute atomic E-state index is 12.7. The fourth-order valence-electron chi connectivity index (χ4n) is 2.37. The van der Waals surface area contributed by atoms with Crippen LogP contribution in [0.1, 0.15) is 26.3 Å². The minimum Gasteiger partial charge on any atom is -0.465 e. The highest BCUT2D eigenvalue weighted by atomic mass is 35.5. The molecule has 0 atom stereocenters. The van der Waals surface area contributed by atoms with E-state index in [4.69, 9.17) is 16.3 Å². The molecule has 0 aliphatic carbocycles. The van der Waals surface area contributed by atoms with Gasteiger partial charge in [0.25, 0.3) is 5.91 Å². The molecule has 144 valence electrons. The lowest BCUT2D eigenvalue weighted by Gasteiger charge is -2.18. The molecule has 0 spiro atoms. The van der Waals surface area contributed by atoms with Crippen molar-refractivity contribution < 1.29 is 22.7 Å². The van der Waals surface area contributed by atoms with Crippen molar-refractivity contribution in [3.63, 3.8) is 0 Å². The van der Waals surface area contributed by atoms with Crippen LogP contribution in [0.5, 0.6) is 0 Å². The minimum atomic E-state index is -3.49. The van der Waals surface area contributed by atoms with Gasteiger partial charge < -0.3 is 10.1 Å². The summed E-state index contributed by atoms with van der Waals surface area (Å²) in [5.74, 6) is -1.05. The number of nitrogens with zero attached hydrogens (tertiary/aromatic N) is 1. The Bertz CT molecular complexity index is 1000. The number of benzene rings is 2. The molecule has 1 amide bonds. The van der Waals surface area contributed by atoms with Crippen LogP contribution in [-0.2, 0) is 14.8 Å². The van der Waals surface area contributed by atoms with Gasteiger partial charge in [-0.15, -0.1) is 0 Å². The van der Waals surface area contributed by atoms with E-state index in [1.54, 1.807) is 25.1 Å². The fourth-order valence-corrected chi connectivity index (χ4v) is 3.07. The van der Waals surface area contributed by atoms with Crippen LogP contribution >= 0.6 is 11.6 Å². The second-order valence-electron chi connectivity index (χ2n) is 5.82. The van der Waals surface area contributed by atoms with Crippen LogP contribution in [0.15, 0.2) is 36.4 Å². The Kier molecular flexibility index (Phi) is 6.12. The third kappa shape index (κ3) is 4.58. The molecular weight excluding hydrogens is 392 g/mol. The molecular formula is C18H19ClN2O5S. The third-order valence-electron chi connectivity index (χ3n) is 4.04. The fraction of sp³-hybridized carbons (Fsp3) is 0.222. The summed E-state index contributed by atoms with van der Waals surface area (Å²) in [7, 11) is -0.834. The number of methoxy groups -OCH3 is 1. The van der Waals surface area contributed by atoms with E-state index >= 15 is 0 Å². The van der Waals surface area contributed by atoms with Gasteiger partial charge >= 0.3 is 5.97 Å². The SMILES string of the molecule is COC(=O)c1cccc(NC(=O)c2cc(N(C)S(C)(=O)=O)ccc2Cl)c1C. The summed E-state index contributed by atoms with van der Waals surface area (Å²) in [6, 6.07) is 9.18. The second-order valence-corrected chi connectivity index (χ2v) is 8.24. The zero-order valence-electron chi connectivity index (χ0n) is 15.2. The number of amides is 1. The maximum atomic E-state index is 12.7. The van der Waals surface area contributed by atoms with E-state index in [2.05, 4.69) is 5.32 Å². The van der Waals surface area contributed by atoms with Crippen molar-refractivity contribution in [2.24, 2.45) is 0 Å². The smallest absolute Gasteiger partial charge is 0.338 e. The van der Waals surface area contributed by atoms with Crippen molar-refractivity contribution >= 4 is 44.9 Å². The number of halogens is 1. The first-order chi connectivity index (χ1) is 12.6. The van der Waals surface area contributed by atoms with Crippen molar-refractivity contribution in [2.75, 3.05) is 30.0 Å². The molecule has 1 N–H and O–H groups in total. The van der Waals surface area contributed by atoms with E-state index in [-0.39, 0.29) is 10.6 Å². The van der Waals surface area contributed by atoms with E-state index in [0.717, 1.165) is 10.6 Å². The zero-order valence-corrected chi connectivity index (χ0v) is 16.8. The number of carbonyl (C=O) groups excluding carboxylic acids is 2. The van der Waals surface area contributed by atoms with Gasteiger partial charge in [0.1, 0.15) is 0 Å². The average Bonchev–Trinajstić information content (AvgIpc) is 2.61. The number of hydrogen-bond donors (Lipinski definition) is 1. The number of esters is 1. The first-order valence-electron chi connectivity index (χ1n) is 7.79. The van der Waals surface area contributed by atoms with Gasteiger partial charge in [-0.2, -0.15) is 0 Å². The lowest BCUT2D eigenvalue weighted by molar-refractivity contribution is 0.0599. The first kappa shape index (κ1) is 20.7. The summed E-state index contributed by atoms with van der Waals surface area (Å²) < 4.78 is 29.2. The topological polar surface area (TPSA) is 92.8 Å². The highest BCUT2D eigenvalue weighted by Gasteiger charge is 2.19. The molecule has 2 aromatic carbocycles. The molecule has 0 bridgehead atoms. The summed E-state index contributed by atoms with van der Waals surface area (Å²) in [5.41, 5.74) is 1.69. The van der Waals surface area contributed by atoms with Crippen LogP contribution < -0.4 is 9.62 Å². The molecule has 0 unspecified atom stereocenters. The third-order valence-corrected chi connectivity index (χ3v) is 5.58. The number of nitrogens with one attached hydrogen (secondary N) is 1. The summed E-state index contributed by atoms with van der Waals surface area (Å²) in [5, 5.41) is 2.86. The molecule has 27 heavy (non-hydrogen) atoms. The first-order valence-corrected chi connectivity index (χ1v) is 10.0. The van der Waals surface area contributed by atoms with Crippen molar-refractivity contribution in [3.8, 4) is 0 Å². The Morgan fingerprint density at radius 1 is 1.15 bits per heavy atom.